The lowest BCUT2D eigenvalue weighted by molar-refractivity contribution is -0.147. The molecule has 53 heavy (non-hydrogen) atoms. The van der Waals surface area contributed by atoms with Crippen molar-refractivity contribution in [3.05, 3.63) is 42.1 Å². The Morgan fingerprint density at radius 3 is 2.28 bits per heavy atom. The minimum absolute atomic E-state index is 0.00188. The van der Waals surface area contributed by atoms with Crippen LogP contribution in [0.2, 0.25) is 0 Å². The molecule has 3 N–H and O–H groups in total. The fourth-order valence-electron chi connectivity index (χ4n) is 7.82. The molecule has 0 bridgehead atoms. The van der Waals surface area contributed by atoms with E-state index in [1.807, 2.05) is 63.8 Å². The van der Waals surface area contributed by atoms with E-state index in [1.165, 1.54) is 0 Å². The first-order valence-electron chi connectivity index (χ1n) is 19.4. The van der Waals surface area contributed by atoms with E-state index < -0.39 is 36.3 Å². The second-order valence-corrected chi connectivity index (χ2v) is 15.4. The molecule has 1 aromatic carbocycles. The maximum atomic E-state index is 14.1. The van der Waals surface area contributed by atoms with Crippen LogP contribution in [-0.2, 0) is 35.1 Å². The van der Waals surface area contributed by atoms with Crippen molar-refractivity contribution < 1.29 is 28.7 Å². The fraction of sp³-hybridized carbons (Fsp3) is 0.683. The number of carbonyl (C=O) groups is 4. The Kier molecular flexibility index (Phi) is 17.1. The number of hydrogen-bond donors (Lipinski definition) is 3. The number of hydrogen-bond acceptors (Lipinski definition) is 8. The van der Waals surface area contributed by atoms with Crippen LogP contribution in [0, 0.1) is 23.7 Å². The predicted molar refractivity (Wildman–Crippen MR) is 209 cm³/mol. The topological polar surface area (TPSA) is 142 Å². The smallest absolute Gasteiger partial charge is 0.245 e. The third kappa shape index (κ3) is 11.2. The van der Waals surface area contributed by atoms with Crippen LogP contribution in [0.3, 0.4) is 0 Å². The molecule has 1 aromatic heterocycles. The highest BCUT2D eigenvalue weighted by Crippen LogP contribution is 2.29. The lowest BCUT2D eigenvalue weighted by Gasteiger charge is -2.41. The summed E-state index contributed by atoms with van der Waals surface area (Å²) in [7, 11) is 6.66. The minimum atomic E-state index is -0.746. The van der Waals surface area contributed by atoms with Crippen molar-refractivity contribution in [2.75, 3.05) is 41.4 Å². The normalized spacial score (nSPS) is 18.7. The molecule has 1 saturated heterocycles. The van der Waals surface area contributed by atoms with E-state index in [0.717, 1.165) is 35.7 Å². The summed E-state index contributed by atoms with van der Waals surface area (Å²) in [5.74, 6) is -1.27. The van der Waals surface area contributed by atoms with Crippen LogP contribution in [0.15, 0.2) is 36.5 Å². The molecule has 2 heterocycles. The van der Waals surface area contributed by atoms with Crippen LogP contribution in [0.4, 0.5) is 0 Å². The first-order valence-corrected chi connectivity index (χ1v) is 19.4. The molecular weight excluding hydrogens is 672 g/mol. The molecule has 2 aromatic rings. The number of nitrogens with one attached hydrogen (secondary N) is 3. The molecule has 0 spiro atoms. The van der Waals surface area contributed by atoms with Gasteiger partial charge in [-0.05, 0) is 67.8 Å². The van der Waals surface area contributed by atoms with E-state index in [1.54, 1.807) is 39.4 Å². The molecule has 4 amide bonds. The molecule has 12 nitrogen and oxygen atoms in total. The average molecular weight is 739 g/mol. The van der Waals surface area contributed by atoms with Gasteiger partial charge in [0.05, 0.1) is 48.2 Å². The van der Waals surface area contributed by atoms with Gasteiger partial charge in [0.25, 0.3) is 0 Å². The summed E-state index contributed by atoms with van der Waals surface area (Å²) >= 11 is 0. The summed E-state index contributed by atoms with van der Waals surface area (Å²) in [6, 6.07) is 8.18. The summed E-state index contributed by atoms with van der Waals surface area (Å²) in [6.07, 6.45) is 3.70. The molecule has 1 aliphatic rings. The van der Waals surface area contributed by atoms with Gasteiger partial charge in [0.1, 0.15) is 6.04 Å². The molecule has 296 valence electrons. The number of amides is 4. The molecule has 8 atom stereocenters. The van der Waals surface area contributed by atoms with Crippen LogP contribution in [0.5, 0.6) is 0 Å². The van der Waals surface area contributed by atoms with Crippen molar-refractivity contribution in [1.82, 2.24) is 30.7 Å². The molecule has 12 heteroatoms. The molecular formula is C41H66N6O6. The third-order valence-electron chi connectivity index (χ3n) is 11.1. The number of fused-ring (bicyclic) bond motifs is 1. The maximum Gasteiger partial charge on any atom is 0.245 e. The van der Waals surface area contributed by atoms with Crippen molar-refractivity contribution in [3.63, 3.8) is 0 Å². The zero-order valence-corrected chi connectivity index (χ0v) is 34.0. The SMILES string of the molecule is CC[C@H](C)C([C@@H](CC(=O)N1CCC[C@H]1[C@H](OC)[C@@H](C)C(=O)NCCc1ccc2ncccc2c1)OC)N(C)C(=O)[C@@H](NC(=O)[C@@H](NC)C(C)C)C(C)C. The number of likely N-dealkylation sites (tertiary alicyclic amines) is 1. The second-order valence-electron chi connectivity index (χ2n) is 15.4. The third-order valence-corrected chi connectivity index (χ3v) is 11.1. The summed E-state index contributed by atoms with van der Waals surface area (Å²) in [6.45, 7) is 14.7. The van der Waals surface area contributed by atoms with Crippen molar-refractivity contribution in [2.45, 2.75) is 117 Å². The van der Waals surface area contributed by atoms with Gasteiger partial charge in [0.15, 0.2) is 0 Å². The van der Waals surface area contributed by atoms with Crippen LogP contribution < -0.4 is 16.0 Å². The van der Waals surface area contributed by atoms with E-state index in [9.17, 15) is 19.2 Å². The summed E-state index contributed by atoms with van der Waals surface area (Å²) in [5.41, 5.74) is 2.05. The quantitative estimate of drug-likeness (QED) is 0.184. The highest BCUT2D eigenvalue weighted by molar-refractivity contribution is 5.90. The second kappa shape index (κ2) is 20.7. The average Bonchev–Trinajstić information content (AvgIpc) is 3.62. The number of carbonyl (C=O) groups excluding carboxylic acids is 4. The molecule has 1 aliphatic heterocycles. The predicted octanol–water partition coefficient (Wildman–Crippen LogP) is 4.20. The van der Waals surface area contributed by atoms with Crippen molar-refractivity contribution >= 4 is 34.5 Å². The lowest BCUT2D eigenvalue weighted by Crippen LogP contribution is -2.59. The molecule has 3 rings (SSSR count). The number of benzene rings is 1. The highest BCUT2D eigenvalue weighted by Gasteiger charge is 2.43. The highest BCUT2D eigenvalue weighted by atomic mass is 16.5. The Balaban J connectivity index is 1.70. The van der Waals surface area contributed by atoms with Gasteiger partial charge in [0, 0.05) is 45.9 Å². The van der Waals surface area contributed by atoms with Gasteiger partial charge in [-0.3, -0.25) is 24.2 Å². The number of nitrogens with zero attached hydrogens (tertiary/aromatic N) is 3. The van der Waals surface area contributed by atoms with E-state index in [2.05, 4.69) is 40.8 Å². The summed E-state index contributed by atoms with van der Waals surface area (Å²) < 4.78 is 12.0. The standard InChI is InChI=1S/C41H66N6O6/c1-12-27(6)37(46(9)41(51)36(26(4)5)45-40(50)35(42-8)25(2)3)33(52-10)24-34(48)47-22-14-16-32(47)38(53-11)28(7)39(49)44-21-19-29-17-18-31-30(23-29)15-13-20-43-31/h13,15,17-18,20,23,25-28,32-33,35-38,42H,12,14,16,19,21-22,24H2,1-11H3,(H,44,49)(H,45,50)/t27-,28+,32-,33+,35-,36-,37?,38+/m0/s1. The van der Waals surface area contributed by atoms with Crippen LogP contribution in [-0.4, -0.2) is 116 Å². The van der Waals surface area contributed by atoms with Gasteiger partial charge in [0.2, 0.25) is 23.6 Å². The van der Waals surface area contributed by atoms with Crippen molar-refractivity contribution in [1.29, 1.82) is 0 Å². The Hall–Kier alpha value is -3.61. The largest absolute Gasteiger partial charge is 0.379 e. The first kappa shape index (κ1) is 43.8. The van der Waals surface area contributed by atoms with Crippen molar-refractivity contribution in [3.8, 4) is 0 Å². The van der Waals surface area contributed by atoms with Gasteiger partial charge in [-0.2, -0.15) is 0 Å². The number of likely N-dealkylation sites (N-methyl/N-ethyl adjacent to an activating group) is 2. The molecule has 0 radical (unpaired) electrons. The van der Waals surface area contributed by atoms with Gasteiger partial charge in [-0.25, -0.2) is 0 Å². The van der Waals surface area contributed by atoms with Gasteiger partial charge in [-0.15, -0.1) is 0 Å². The van der Waals surface area contributed by atoms with E-state index in [-0.39, 0.29) is 53.8 Å². The van der Waals surface area contributed by atoms with E-state index >= 15 is 0 Å². The number of aromatic nitrogens is 1. The van der Waals surface area contributed by atoms with Crippen molar-refractivity contribution in [2.24, 2.45) is 23.7 Å². The zero-order valence-electron chi connectivity index (χ0n) is 34.0. The summed E-state index contributed by atoms with van der Waals surface area (Å²) in [4.78, 5) is 62.8. The van der Waals surface area contributed by atoms with E-state index in [0.29, 0.717) is 19.5 Å². The Morgan fingerprint density at radius 2 is 1.68 bits per heavy atom. The van der Waals surface area contributed by atoms with Gasteiger partial charge in [-0.1, -0.05) is 67.0 Å². The maximum absolute atomic E-state index is 14.1. The summed E-state index contributed by atoms with van der Waals surface area (Å²) in [5, 5.41) is 10.2. The molecule has 0 saturated carbocycles. The number of rotatable bonds is 20. The zero-order chi connectivity index (χ0) is 39.4. The Bertz CT molecular complexity index is 1500. The number of pyridine rings is 1. The molecule has 0 aliphatic carbocycles. The van der Waals surface area contributed by atoms with Crippen LogP contribution >= 0.6 is 0 Å². The fourth-order valence-corrected chi connectivity index (χ4v) is 7.82. The monoisotopic (exact) mass is 739 g/mol. The first-order chi connectivity index (χ1) is 25.2. The Morgan fingerprint density at radius 1 is 0.981 bits per heavy atom. The molecule has 1 unspecified atom stereocenters. The number of ether oxygens (including phenoxy) is 2. The van der Waals surface area contributed by atoms with Gasteiger partial charge >= 0.3 is 0 Å². The lowest BCUT2D eigenvalue weighted by atomic mass is 9.89. The Labute approximate surface area is 317 Å². The van der Waals surface area contributed by atoms with Crippen LogP contribution in [0.25, 0.3) is 10.9 Å². The minimum Gasteiger partial charge on any atom is -0.379 e. The van der Waals surface area contributed by atoms with Gasteiger partial charge < -0.3 is 35.2 Å². The molecule has 1 fully saturated rings. The van der Waals surface area contributed by atoms with Crippen LogP contribution in [0.1, 0.15) is 79.7 Å². The van der Waals surface area contributed by atoms with E-state index in [4.69, 9.17) is 9.47 Å². The number of methoxy groups -OCH3 is 2.